The van der Waals surface area contributed by atoms with Crippen LogP contribution in [-0.4, -0.2) is 29.2 Å². The molecule has 164 valence electrons. The van der Waals surface area contributed by atoms with Gasteiger partial charge in [-0.2, -0.15) is 0 Å². The van der Waals surface area contributed by atoms with E-state index in [0.717, 1.165) is 17.3 Å². The van der Waals surface area contributed by atoms with Crippen molar-refractivity contribution in [2.24, 2.45) is 0 Å². The van der Waals surface area contributed by atoms with Crippen LogP contribution in [0.2, 0.25) is 10.0 Å². The van der Waals surface area contributed by atoms with Gasteiger partial charge in [-0.05, 0) is 66.6 Å². The van der Waals surface area contributed by atoms with Crippen LogP contribution >= 0.6 is 50.9 Å². The summed E-state index contributed by atoms with van der Waals surface area (Å²) in [7, 11) is 0. The molecule has 0 aromatic heterocycles. The Morgan fingerprint density at radius 2 is 1.81 bits per heavy atom. The maximum atomic E-state index is 12.5. The predicted octanol–water partition coefficient (Wildman–Crippen LogP) is 7.18. The van der Waals surface area contributed by atoms with Gasteiger partial charge in [0.1, 0.15) is 6.61 Å². The van der Waals surface area contributed by atoms with Gasteiger partial charge < -0.3 is 9.47 Å². The minimum Gasteiger partial charge on any atom is -0.490 e. The van der Waals surface area contributed by atoms with Crippen LogP contribution in [0.1, 0.15) is 31.4 Å². The molecule has 3 rings (SSSR count). The summed E-state index contributed by atoms with van der Waals surface area (Å²) < 4.78 is 12.4. The number of hydrogen-bond donors (Lipinski definition) is 0. The van der Waals surface area contributed by atoms with E-state index in [1.54, 1.807) is 30.3 Å². The lowest BCUT2D eigenvalue weighted by molar-refractivity contribution is -0.122. The maximum absolute atomic E-state index is 12.5. The number of rotatable bonds is 8. The van der Waals surface area contributed by atoms with E-state index in [2.05, 4.69) is 15.9 Å². The number of amides is 2. The Hall–Kier alpha value is -1.67. The van der Waals surface area contributed by atoms with Gasteiger partial charge in [-0.3, -0.25) is 14.5 Å². The zero-order valence-electron chi connectivity index (χ0n) is 16.9. The van der Waals surface area contributed by atoms with Crippen molar-refractivity contribution in [1.82, 2.24) is 4.90 Å². The number of imide groups is 1. The van der Waals surface area contributed by atoms with E-state index in [1.807, 2.05) is 19.9 Å². The molecule has 31 heavy (non-hydrogen) atoms. The fourth-order valence-corrected chi connectivity index (χ4v) is 4.50. The van der Waals surface area contributed by atoms with E-state index in [-0.39, 0.29) is 17.8 Å². The first-order valence-electron chi connectivity index (χ1n) is 9.62. The van der Waals surface area contributed by atoms with Gasteiger partial charge in [0, 0.05) is 11.0 Å². The van der Waals surface area contributed by atoms with E-state index < -0.39 is 0 Å². The zero-order valence-corrected chi connectivity index (χ0v) is 20.8. The molecule has 0 unspecified atom stereocenters. The standard InChI is InChI=1S/C22H20BrCl2NO4S/c1-3-7-26-21(27)20(31-22(26)28)10-14-9-18(29-4-2)19(11-15(14)23)30-12-13-5-6-16(24)17(25)8-13/h5-6,8-11H,3-4,7,12H2,1-2H3/b20-10+. The molecule has 0 atom stereocenters. The summed E-state index contributed by atoms with van der Waals surface area (Å²) in [4.78, 5) is 26.3. The maximum Gasteiger partial charge on any atom is 0.293 e. The number of ether oxygens (including phenoxy) is 2. The highest BCUT2D eigenvalue weighted by Crippen LogP contribution is 2.38. The summed E-state index contributed by atoms with van der Waals surface area (Å²) in [5, 5.41) is 0.693. The highest BCUT2D eigenvalue weighted by atomic mass is 79.9. The highest BCUT2D eigenvalue weighted by Gasteiger charge is 2.34. The number of nitrogens with zero attached hydrogens (tertiary/aromatic N) is 1. The van der Waals surface area contributed by atoms with Gasteiger partial charge in [-0.15, -0.1) is 0 Å². The Morgan fingerprint density at radius 1 is 1.06 bits per heavy atom. The molecular formula is C22H20BrCl2NO4S. The SMILES string of the molecule is CCCN1C(=O)S/C(=C/c2cc(OCC)c(OCc3ccc(Cl)c(Cl)c3)cc2Br)C1=O. The monoisotopic (exact) mass is 543 g/mol. The van der Waals surface area contributed by atoms with Crippen molar-refractivity contribution < 1.29 is 19.1 Å². The van der Waals surface area contributed by atoms with Gasteiger partial charge in [-0.1, -0.05) is 52.1 Å². The molecule has 2 aromatic rings. The average Bonchev–Trinajstić information content (AvgIpc) is 2.99. The summed E-state index contributed by atoms with van der Waals surface area (Å²) in [5.74, 6) is 0.794. The molecule has 0 bridgehead atoms. The quantitative estimate of drug-likeness (QED) is 0.329. The van der Waals surface area contributed by atoms with Crippen LogP contribution in [-0.2, 0) is 11.4 Å². The van der Waals surface area contributed by atoms with Crippen molar-refractivity contribution in [3.63, 3.8) is 0 Å². The minimum atomic E-state index is -0.276. The van der Waals surface area contributed by atoms with Crippen LogP contribution in [0, 0.1) is 0 Å². The van der Waals surface area contributed by atoms with Gasteiger partial charge >= 0.3 is 0 Å². The number of benzene rings is 2. The Kier molecular flexibility index (Phi) is 8.33. The van der Waals surface area contributed by atoms with E-state index in [9.17, 15) is 9.59 Å². The fourth-order valence-electron chi connectivity index (χ4n) is 2.89. The third kappa shape index (κ3) is 5.77. The molecule has 2 amide bonds. The first-order chi connectivity index (χ1) is 14.8. The van der Waals surface area contributed by atoms with Crippen LogP contribution in [0.15, 0.2) is 39.7 Å². The molecule has 9 heteroatoms. The van der Waals surface area contributed by atoms with Gasteiger partial charge in [-0.25, -0.2) is 0 Å². The van der Waals surface area contributed by atoms with Crippen molar-refractivity contribution in [3.8, 4) is 11.5 Å². The molecule has 0 N–H and O–H groups in total. The molecule has 5 nitrogen and oxygen atoms in total. The molecule has 0 radical (unpaired) electrons. The molecule has 1 fully saturated rings. The lowest BCUT2D eigenvalue weighted by atomic mass is 10.1. The van der Waals surface area contributed by atoms with Gasteiger partial charge in [0.15, 0.2) is 11.5 Å². The molecule has 1 aliphatic heterocycles. The summed E-state index contributed by atoms with van der Waals surface area (Å²) >= 11 is 16.5. The normalized spacial score (nSPS) is 15.1. The second kappa shape index (κ2) is 10.8. The van der Waals surface area contributed by atoms with Crippen molar-refractivity contribution >= 4 is 68.1 Å². The van der Waals surface area contributed by atoms with Gasteiger partial charge in [0.25, 0.3) is 11.1 Å². The van der Waals surface area contributed by atoms with E-state index in [4.69, 9.17) is 32.7 Å². The summed E-state index contributed by atoms with van der Waals surface area (Å²) in [6.07, 6.45) is 2.41. The average molecular weight is 545 g/mol. The minimum absolute atomic E-state index is 0.249. The van der Waals surface area contributed by atoms with Crippen LogP contribution in [0.4, 0.5) is 4.79 Å². The number of thioether (sulfide) groups is 1. The molecular weight excluding hydrogens is 525 g/mol. The van der Waals surface area contributed by atoms with Gasteiger partial charge in [0.05, 0.1) is 21.6 Å². The van der Waals surface area contributed by atoms with Crippen molar-refractivity contribution in [1.29, 1.82) is 0 Å². The molecule has 0 aliphatic carbocycles. The highest BCUT2D eigenvalue weighted by molar-refractivity contribution is 9.10. The molecule has 0 saturated carbocycles. The van der Waals surface area contributed by atoms with Crippen molar-refractivity contribution in [3.05, 3.63) is 60.9 Å². The molecule has 0 spiro atoms. The van der Waals surface area contributed by atoms with Gasteiger partial charge in [0.2, 0.25) is 0 Å². The zero-order chi connectivity index (χ0) is 22.5. The fraction of sp³-hybridized carbons (Fsp3) is 0.273. The second-order valence-electron chi connectivity index (χ2n) is 6.62. The lowest BCUT2D eigenvalue weighted by Crippen LogP contribution is -2.28. The van der Waals surface area contributed by atoms with Crippen LogP contribution in [0.5, 0.6) is 11.5 Å². The Balaban J connectivity index is 1.85. The Morgan fingerprint density at radius 3 is 2.48 bits per heavy atom. The number of halogens is 3. The van der Waals surface area contributed by atoms with E-state index in [1.165, 1.54) is 4.90 Å². The third-order valence-corrected chi connectivity index (χ3v) is 6.68. The molecule has 1 aliphatic rings. The van der Waals surface area contributed by atoms with Crippen LogP contribution < -0.4 is 9.47 Å². The smallest absolute Gasteiger partial charge is 0.293 e. The Bertz CT molecular complexity index is 1040. The summed E-state index contributed by atoms with van der Waals surface area (Å²) in [5.41, 5.74) is 1.58. The lowest BCUT2D eigenvalue weighted by Gasteiger charge is -2.14. The second-order valence-corrected chi connectivity index (χ2v) is 9.29. The number of carbonyl (C=O) groups is 2. The van der Waals surface area contributed by atoms with E-state index >= 15 is 0 Å². The molecule has 1 heterocycles. The van der Waals surface area contributed by atoms with Crippen LogP contribution in [0.25, 0.3) is 6.08 Å². The number of hydrogen-bond acceptors (Lipinski definition) is 5. The largest absolute Gasteiger partial charge is 0.490 e. The molecule has 2 aromatic carbocycles. The summed E-state index contributed by atoms with van der Waals surface area (Å²) in [6.45, 7) is 4.93. The van der Waals surface area contributed by atoms with Crippen molar-refractivity contribution in [2.45, 2.75) is 26.9 Å². The molecule has 1 saturated heterocycles. The predicted molar refractivity (Wildman–Crippen MR) is 129 cm³/mol. The van der Waals surface area contributed by atoms with Crippen molar-refractivity contribution in [2.75, 3.05) is 13.2 Å². The Labute approximate surface area is 203 Å². The summed E-state index contributed by atoms with van der Waals surface area (Å²) in [6, 6.07) is 8.87. The third-order valence-electron chi connectivity index (χ3n) is 4.35. The van der Waals surface area contributed by atoms with E-state index in [0.29, 0.717) is 56.1 Å². The topological polar surface area (TPSA) is 55.8 Å². The first kappa shape index (κ1) is 24.0. The first-order valence-corrected chi connectivity index (χ1v) is 12.0. The number of carbonyl (C=O) groups excluding carboxylic acids is 2. The van der Waals surface area contributed by atoms with Crippen LogP contribution in [0.3, 0.4) is 0 Å².